The van der Waals surface area contributed by atoms with Gasteiger partial charge in [0.15, 0.2) is 12.4 Å². The highest BCUT2D eigenvalue weighted by atomic mass is 35.5. The van der Waals surface area contributed by atoms with Gasteiger partial charge in [-0.2, -0.15) is 4.57 Å². The molecule has 0 unspecified atom stereocenters. The summed E-state index contributed by atoms with van der Waals surface area (Å²) in [4.78, 5) is 11.0. The molecule has 0 aromatic carbocycles. The fraction of sp³-hybridized carbons (Fsp3) is 0.571. The van der Waals surface area contributed by atoms with Crippen LogP contribution in [0.3, 0.4) is 0 Å². The van der Waals surface area contributed by atoms with Gasteiger partial charge in [-0.05, 0) is 12.5 Å². The molecule has 5 heteroatoms. The largest absolute Gasteiger partial charge is 1.00 e. The quantitative estimate of drug-likeness (QED) is 0.469. The van der Waals surface area contributed by atoms with Crippen LogP contribution in [-0.4, -0.2) is 12.5 Å². The van der Waals surface area contributed by atoms with E-state index in [2.05, 4.69) is 6.92 Å². The van der Waals surface area contributed by atoms with E-state index in [1.165, 1.54) is 25.7 Å². The van der Waals surface area contributed by atoms with E-state index in [9.17, 15) is 4.79 Å². The first-order chi connectivity index (χ1) is 8.74. The fourth-order valence-corrected chi connectivity index (χ4v) is 1.73. The van der Waals surface area contributed by atoms with E-state index in [0.717, 1.165) is 13.0 Å². The Balaban J connectivity index is 0.00000324. The maximum atomic E-state index is 11.0. The molecule has 0 aliphatic carbocycles. The van der Waals surface area contributed by atoms with E-state index < -0.39 is 5.91 Å². The van der Waals surface area contributed by atoms with Crippen LogP contribution in [0.25, 0.3) is 0 Å². The third kappa shape index (κ3) is 7.80. The van der Waals surface area contributed by atoms with Crippen molar-refractivity contribution in [2.75, 3.05) is 6.61 Å². The molecule has 1 aromatic rings. The van der Waals surface area contributed by atoms with Gasteiger partial charge in [0.05, 0.1) is 6.61 Å². The number of ether oxygens (including phenoxy) is 1. The number of hydrogen-bond acceptors (Lipinski definition) is 2. The number of aromatic nitrogens is 1. The highest BCUT2D eigenvalue weighted by molar-refractivity contribution is 5.92. The van der Waals surface area contributed by atoms with E-state index >= 15 is 0 Å². The van der Waals surface area contributed by atoms with Crippen LogP contribution in [0.1, 0.15) is 49.4 Å². The number of unbranched alkanes of at least 4 members (excludes halogenated alkanes) is 4. The zero-order valence-corrected chi connectivity index (χ0v) is 12.2. The second-order valence-electron chi connectivity index (χ2n) is 4.42. The minimum Gasteiger partial charge on any atom is -1.00 e. The molecule has 1 heterocycles. The number of rotatable bonds is 9. The van der Waals surface area contributed by atoms with E-state index in [1.54, 1.807) is 18.3 Å². The summed E-state index contributed by atoms with van der Waals surface area (Å²) in [7, 11) is 0. The molecule has 1 amide bonds. The number of hydrogen-bond donors (Lipinski definition) is 1. The highest BCUT2D eigenvalue weighted by Crippen LogP contribution is 2.02. The lowest BCUT2D eigenvalue weighted by Crippen LogP contribution is -3.00. The summed E-state index contributed by atoms with van der Waals surface area (Å²) in [6.07, 6.45) is 9.73. The normalized spacial score (nSPS) is 9.95. The first-order valence-electron chi connectivity index (χ1n) is 6.60. The molecule has 0 bridgehead atoms. The summed E-state index contributed by atoms with van der Waals surface area (Å²) < 4.78 is 7.37. The number of carbonyl (C=O) groups is 1. The molecule has 1 rings (SSSR count). The molecule has 4 nitrogen and oxygen atoms in total. The van der Waals surface area contributed by atoms with Crippen molar-refractivity contribution in [1.29, 1.82) is 0 Å². The van der Waals surface area contributed by atoms with Crippen LogP contribution in [0.2, 0.25) is 0 Å². The van der Waals surface area contributed by atoms with Crippen molar-refractivity contribution in [2.45, 2.75) is 45.8 Å². The van der Waals surface area contributed by atoms with Gasteiger partial charge in [-0.3, -0.25) is 4.79 Å². The third-order valence-corrected chi connectivity index (χ3v) is 2.78. The summed E-state index contributed by atoms with van der Waals surface area (Å²) in [5.41, 5.74) is 5.72. The van der Waals surface area contributed by atoms with Crippen LogP contribution in [0.5, 0.6) is 0 Å². The van der Waals surface area contributed by atoms with Gasteiger partial charge in [-0.25, -0.2) is 0 Å². The van der Waals surface area contributed by atoms with Gasteiger partial charge in [0.2, 0.25) is 0 Å². The Labute approximate surface area is 121 Å². The van der Waals surface area contributed by atoms with Crippen LogP contribution >= 0.6 is 0 Å². The van der Waals surface area contributed by atoms with Gasteiger partial charge >= 0.3 is 0 Å². The smallest absolute Gasteiger partial charge is 0.254 e. The molecule has 108 valence electrons. The number of nitrogens with zero attached hydrogens (tertiary/aromatic N) is 1. The zero-order valence-electron chi connectivity index (χ0n) is 11.5. The van der Waals surface area contributed by atoms with Crippen molar-refractivity contribution < 1.29 is 26.5 Å². The predicted octanol–water partition coefficient (Wildman–Crippen LogP) is -0.978. The molecular weight excluding hydrogens is 264 g/mol. The SMILES string of the molecule is CCCCCCCOC[n+]1cccc(C(N)=O)c1.[Cl-]. The van der Waals surface area contributed by atoms with Gasteiger partial charge in [-0.1, -0.05) is 32.6 Å². The Bertz CT molecular complexity index is 372. The van der Waals surface area contributed by atoms with Crippen molar-refractivity contribution in [1.82, 2.24) is 0 Å². The number of pyridine rings is 1. The van der Waals surface area contributed by atoms with Gasteiger partial charge in [0.1, 0.15) is 5.56 Å². The molecule has 0 saturated carbocycles. The monoisotopic (exact) mass is 286 g/mol. The lowest BCUT2D eigenvalue weighted by atomic mass is 10.2. The van der Waals surface area contributed by atoms with E-state index in [1.807, 2.05) is 10.8 Å². The third-order valence-electron chi connectivity index (χ3n) is 2.78. The molecule has 19 heavy (non-hydrogen) atoms. The lowest BCUT2D eigenvalue weighted by molar-refractivity contribution is -0.732. The molecule has 0 saturated heterocycles. The second kappa shape index (κ2) is 10.8. The van der Waals surface area contributed by atoms with Crippen LogP contribution in [0.4, 0.5) is 0 Å². The highest BCUT2D eigenvalue weighted by Gasteiger charge is 2.06. The maximum absolute atomic E-state index is 11.0. The van der Waals surface area contributed by atoms with E-state index in [4.69, 9.17) is 10.5 Å². The van der Waals surface area contributed by atoms with E-state index in [-0.39, 0.29) is 12.4 Å². The molecular formula is C14H23ClN2O2. The summed E-state index contributed by atoms with van der Waals surface area (Å²) >= 11 is 0. The Kier molecular flexibility index (Phi) is 10.1. The van der Waals surface area contributed by atoms with Gasteiger partial charge in [0, 0.05) is 6.07 Å². The molecule has 2 N–H and O–H groups in total. The summed E-state index contributed by atoms with van der Waals surface area (Å²) in [5, 5.41) is 0. The molecule has 0 aliphatic rings. The van der Waals surface area contributed by atoms with Crippen LogP contribution in [0.15, 0.2) is 24.5 Å². The number of halogens is 1. The standard InChI is InChI=1S/C14H22N2O2.ClH/c1-2-3-4-5-6-10-18-12-16-9-7-8-13(11-16)14(15)17;/h7-9,11H,2-6,10,12H2,1H3,(H-,15,17);1H. The zero-order chi connectivity index (χ0) is 13.2. The Hall–Kier alpha value is -1.13. The summed E-state index contributed by atoms with van der Waals surface area (Å²) in [5.74, 6) is -0.413. The molecule has 0 aliphatic heterocycles. The van der Waals surface area contributed by atoms with Crippen LogP contribution in [-0.2, 0) is 11.5 Å². The summed E-state index contributed by atoms with van der Waals surface area (Å²) in [6, 6.07) is 3.49. The number of amides is 1. The minimum atomic E-state index is -0.413. The Morgan fingerprint density at radius 3 is 2.74 bits per heavy atom. The number of primary amides is 1. The topological polar surface area (TPSA) is 56.2 Å². The summed E-state index contributed by atoms with van der Waals surface area (Å²) in [6.45, 7) is 3.44. The molecule has 0 atom stereocenters. The van der Waals surface area contributed by atoms with Crippen molar-refractivity contribution in [3.05, 3.63) is 30.1 Å². The molecule has 0 spiro atoms. The average Bonchev–Trinajstić information content (AvgIpc) is 2.38. The van der Waals surface area contributed by atoms with Gasteiger partial charge < -0.3 is 22.9 Å². The van der Waals surface area contributed by atoms with Gasteiger partial charge in [-0.15, -0.1) is 0 Å². The Morgan fingerprint density at radius 2 is 2.05 bits per heavy atom. The lowest BCUT2D eigenvalue weighted by Gasteiger charge is -2.01. The van der Waals surface area contributed by atoms with Crippen LogP contribution in [0, 0.1) is 0 Å². The first kappa shape index (κ1) is 17.9. The Morgan fingerprint density at radius 1 is 1.32 bits per heavy atom. The van der Waals surface area contributed by atoms with Gasteiger partial charge in [0.25, 0.3) is 12.6 Å². The fourth-order valence-electron chi connectivity index (χ4n) is 1.73. The van der Waals surface area contributed by atoms with Crippen molar-refractivity contribution in [2.24, 2.45) is 5.73 Å². The second-order valence-corrected chi connectivity index (χ2v) is 4.42. The average molecular weight is 287 g/mol. The van der Waals surface area contributed by atoms with E-state index in [0.29, 0.717) is 12.3 Å². The molecule has 0 radical (unpaired) electrons. The molecule has 1 aromatic heterocycles. The minimum absolute atomic E-state index is 0. The van der Waals surface area contributed by atoms with Crippen LogP contribution < -0.4 is 22.7 Å². The first-order valence-corrected chi connectivity index (χ1v) is 6.60. The molecule has 0 fully saturated rings. The number of carbonyl (C=O) groups excluding carboxylic acids is 1. The maximum Gasteiger partial charge on any atom is 0.254 e. The van der Waals surface area contributed by atoms with Crippen molar-refractivity contribution >= 4 is 5.91 Å². The number of nitrogens with two attached hydrogens (primary N) is 1. The predicted molar refractivity (Wildman–Crippen MR) is 69.9 cm³/mol. The van der Waals surface area contributed by atoms with Crippen molar-refractivity contribution in [3.63, 3.8) is 0 Å². The van der Waals surface area contributed by atoms with Crippen molar-refractivity contribution in [3.8, 4) is 0 Å².